The monoisotopic (exact) mass is 307 g/mol. The van der Waals surface area contributed by atoms with Crippen LogP contribution in [0.4, 0.5) is 30.6 Å². The van der Waals surface area contributed by atoms with E-state index in [1.807, 2.05) is 6.92 Å². The van der Waals surface area contributed by atoms with Gasteiger partial charge in [-0.3, -0.25) is 10.1 Å². The van der Waals surface area contributed by atoms with Gasteiger partial charge in [-0.1, -0.05) is 0 Å². The molecule has 0 radical (unpaired) electrons. The summed E-state index contributed by atoms with van der Waals surface area (Å²) in [6.45, 7) is 2.53. The molecule has 0 atom stereocenters. The van der Waals surface area contributed by atoms with Gasteiger partial charge in [0.05, 0.1) is 4.92 Å². The van der Waals surface area contributed by atoms with Crippen molar-refractivity contribution in [3.63, 3.8) is 0 Å². The minimum atomic E-state index is -4.18. The molecule has 0 aromatic carbocycles. The minimum absolute atomic E-state index is 0.00189. The second kappa shape index (κ2) is 7.60. The fraction of sp³-hybridized carbons (Fsp3) is 0.636. The first kappa shape index (κ1) is 16.9. The van der Waals surface area contributed by atoms with E-state index in [4.69, 9.17) is 0 Å². The summed E-state index contributed by atoms with van der Waals surface area (Å²) >= 11 is 0. The first-order valence-corrected chi connectivity index (χ1v) is 6.39. The number of rotatable bonds is 8. The lowest BCUT2D eigenvalue weighted by Gasteiger charge is -2.09. The summed E-state index contributed by atoms with van der Waals surface area (Å²) in [5.41, 5.74) is -0.313. The lowest BCUT2D eigenvalue weighted by Crippen LogP contribution is -2.11. The van der Waals surface area contributed by atoms with Gasteiger partial charge in [-0.15, -0.1) is 0 Å². The zero-order chi connectivity index (χ0) is 15.9. The van der Waals surface area contributed by atoms with Crippen LogP contribution in [0.3, 0.4) is 0 Å². The number of alkyl halides is 3. The Morgan fingerprint density at radius 2 is 2.05 bits per heavy atom. The topological polar surface area (TPSA) is 93.0 Å². The molecule has 0 fully saturated rings. The molecule has 0 saturated heterocycles. The van der Waals surface area contributed by atoms with Crippen molar-refractivity contribution in [3.8, 4) is 0 Å². The average Bonchev–Trinajstić information content (AvgIpc) is 2.37. The van der Waals surface area contributed by atoms with Gasteiger partial charge < -0.3 is 10.6 Å². The van der Waals surface area contributed by atoms with E-state index in [0.717, 1.165) is 6.20 Å². The molecular formula is C11H16F3N5O2. The third-order valence-corrected chi connectivity index (χ3v) is 2.48. The van der Waals surface area contributed by atoms with Crippen LogP contribution >= 0.6 is 0 Å². The highest BCUT2D eigenvalue weighted by Crippen LogP contribution is 2.24. The first-order chi connectivity index (χ1) is 9.83. The van der Waals surface area contributed by atoms with Crippen LogP contribution in [0.25, 0.3) is 0 Å². The number of anilines is 2. The molecule has 1 aromatic heterocycles. The number of unbranched alkanes of at least 4 members (excludes halogenated alkanes) is 1. The van der Waals surface area contributed by atoms with Gasteiger partial charge in [-0.25, -0.2) is 4.98 Å². The molecule has 0 spiro atoms. The van der Waals surface area contributed by atoms with Gasteiger partial charge in [-0.05, 0) is 19.8 Å². The van der Waals surface area contributed by atoms with E-state index in [9.17, 15) is 23.3 Å². The van der Waals surface area contributed by atoms with Gasteiger partial charge in [0.25, 0.3) is 0 Å². The Kier molecular flexibility index (Phi) is 6.12. The van der Waals surface area contributed by atoms with Gasteiger partial charge in [0.15, 0.2) is 0 Å². The highest BCUT2D eigenvalue weighted by Gasteiger charge is 2.25. The van der Waals surface area contributed by atoms with E-state index >= 15 is 0 Å². The van der Waals surface area contributed by atoms with Crippen LogP contribution in [-0.4, -0.2) is 34.2 Å². The highest BCUT2D eigenvalue weighted by atomic mass is 19.4. The molecule has 0 aliphatic rings. The summed E-state index contributed by atoms with van der Waals surface area (Å²) in [6.07, 6.45) is -3.81. The Morgan fingerprint density at radius 1 is 1.33 bits per heavy atom. The SMILES string of the molecule is CCNc1ncc([N+](=O)[O-])c(NCCCCC(F)(F)F)n1. The Labute approximate surface area is 119 Å². The molecule has 118 valence electrons. The van der Waals surface area contributed by atoms with Gasteiger partial charge in [0, 0.05) is 19.5 Å². The van der Waals surface area contributed by atoms with Gasteiger partial charge in [0.1, 0.15) is 6.20 Å². The average molecular weight is 307 g/mol. The predicted octanol–water partition coefficient (Wildman–Crippen LogP) is 2.96. The summed E-state index contributed by atoms with van der Waals surface area (Å²) in [5, 5.41) is 16.3. The van der Waals surface area contributed by atoms with E-state index in [-0.39, 0.29) is 36.8 Å². The fourth-order valence-corrected chi connectivity index (χ4v) is 1.54. The molecule has 0 aliphatic heterocycles. The second-order valence-electron chi connectivity index (χ2n) is 4.21. The smallest absolute Gasteiger partial charge is 0.364 e. The summed E-state index contributed by atoms with van der Waals surface area (Å²) in [4.78, 5) is 17.9. The van der Waals surface area contributed by atoms with Crippen LogP contribution < -0.4 is 10.6 Å². The zero-order valence-electron chi connectivity index (χ0n) is 11.4. The number of nitro groups is 1. The molecule has 21 heavy (non-hydrogen) atoms. The number of hydrogen-bond donors (Lipinski definition) is 2. The number of nitrogens with zero attached hydrogens (tertiary/aromatic N) is 3. The van der Waals surface area contributed by atoms with Crippen molar-refractivity contribution in [1.29, 1.82) is 0 Å². The number of aromatic nitrogens is 2. The van der Waals surface area contributed by atoms with Gasteiger partial charge in [0.2, 0.25) is 11.8 Å². The van der Waals surface area contributed by atoms with E-state index < -0.39 is 17.5 Å². The van der Waals surface area contributed by atoms with Crippen LogP contribution in [0, 0.1) is 10.1 Å². The maximum Gasteiger partial charge on any atom is 0.389 e. The third-order valence-electron chi connectivity index (χ3n) is 2.48. The summed E-state index contributed by atoms with van der Waals surface area (Å²) < 4.78 is 35.9. The molecule has 0 bridgehead atoms. The Morgan fingerprint density at radius 3 is 2.62 bits per heavy atom. The Bertz CT molecular complexity index is 481. The second-order valence-corrected chi connectivity index (χ2v) is 4.21. The van der Waals surface area contributed by atoms with Crippen molar-refractivity contribution in [1.82, 2.24) is 9.97 Å². The molecule has 10 heteroatoms. The van der Waals surface area contributed by atoms with Crippen molar-refractivity contribution in [2.75, 3.05) is 23.7 Å². The van der Waals surface area contributed by atoms with Crippen LogP contribution in [-0.2, 0) is 0 Å². The van der Waals surface area contributed by atoms with Gasteiger partial charge in [-0.2, -0.15) is 18.2 Å². The number of halogens is 3. The van der Waals surface area contributed by atoms with E-state index in [1.54, 1.807) is 0 Å². The lowest BCUT2D eigenvalue weighted by atomic mass is 10.2. The van der Waals surface area contributed by atoms with Crippen LogP contribution in [0.1, 0.15) is 26.2 Å². The van der Waals surface area contributed by atoms with Crippen molar-refractivity contribution >= 4 is 17.5 Å². The summed E-state index contributed by atoms with van der Waals surface area (Å²) in [5.74, 6) is 0.221. The largest absolute Gasteiger partial charge is 0.389 e. The maximum absolute atomic E-state index is 12.0. The summed E-state index contributed by atoms with van der Waals surface area (Å²) in [7, 11) is 0. The molecule has 2 N–H and O–H groups in total. The van der Waals surface area contributed by atoms with Crippen molar-refractivity contribution < 1.29 is 18.1 Å². The molecule has 0 unspecified atom stereocenters. The first-order valence-electron chi connectivity index (χ1n) is 6.39. The van der Waals surface area contributed by atoms with Crippen LogP contribution in [0.5, 0.6) is 0 Å². The summed E-state index contributed by atoms with van der Waals surface area (Å²) in [6, 6.07) is 0. The standard InChI is InChI=1S/C11H16F3N5O2/c1-2-15-10-17-7-8(19(20)21)9(18-10)16-6-4-3-5-11(12,13)14/h7H,2-6H2,1H3,(H2,15,16,17,18). The quantitative estimate of drug-likeness (QED) is 0.436. The van der Waals surface area contributed by atoms with E-state index in [1.165, 1.54) is 0 Å². The number of hydrogen-bond acceptors (Lipinski definition) is 6. The fourth-order valence-electron chi connectivity index (χ4n) is 1.54. The molecule has 1 heterocycles. The van der Waals surface area contributed by atoms with Crippen molar-refractivity contribution in [2.24, 2.45) is 0 Å². The lowest BCUT2D eigenvalue weighted by molar-refractivity contribution is -0.384. The van der Waals surface area contributed by atoms with Crippen molar-refractivity contribution in [2.45, 2.75) is 32.4 Å². The van der Waals surface area contributed by atoms with Crippen molar-refractivity contribution in [3.05, 3.63) is 16.3 Å². The highest BCUT2D eigenvalue weighted by molar-refractivity contribution is 5.56. The molecule has 1 aromatic rings. The molecule has 7 nitrogen and oxygen atoms in total. The minimum Gasteiger partial charge on any atom is -0.364 e. The van der Waals surface area contributed by atoms with E-state index in [0.29, 0.717) is 6.54 Å². The molecule has 1 rings (SSSR count). The predicted molar refractivity (Wildman–Crippen MR) is 71.2 cm³/mol. The Balaban J connectivity index is 2.59. The van der Waals surface area contributed by atoms with Gasteiger partial charge >= 0.3 is 11.9 Å². The third kappa shape index (κ3) is 6.23. The molecule has 0 saturated carbocycles. The molecule has 0 amide bonds. The van der Waals surface area contributed by atoms with Crippen LogP contribution in [0.15, 0.2) is 6.20 Å². The Hall–Kier alpha value is -2.13. The maximum atomic E-state index is 12.0. The zero-order valence-corrected chi connectivity index (χ0v) is 11.4. The van der Waals surface area contributed by atoms with E-state index in [2.05, 4.69) is 20.6 Å². The molecule has 0 aliphatic carbocycles. The molecular weight excluding hydrogens is 291 g/mol. The number of nitrogens with one attached hydrogen (secondary N) is 2. The normalized spacial score (nSPS) is 11.2. The van der Waals surface area contributed by atoms with Crippen LogP contribution in [0.2, 0.25) is 0 Å².